The number of carbonyl (C=O) groups is 1. The van der Waals surface area contributed by atoms with Gasteiger partial charge in [-0.3, -0.25) is 4.79 Å². The van der Waals surface area contributed by atoms with Crippen molar-refractivity contribution in [1.82, 2.24) is 10.2 Å². The van der Waals surface area contributed by atoms with Gasteiger partial charge in [-0.2, -0.15) is 0 Å². The van der Waals surface area contributed by atoms with E-state index < -0.39 is 5.54 Å². The van der Waals surface area contributed by atoms with E-state index in [2.05, 4.69) is 24.1 Å². The van der Waals surface area contributed by atoms with Gasteiger partial charge in [0, 0.05) is 6.04 Å². The molecule has 3 N–H and O–H groups in total. The lowest BCUT2D eigenvalue weighted by Crippen LogP contribution is -2.55. The molecule has 110 valence electrons. The molecule has 0 radical (unpaired) electrons. The van der Waals surface area contributed by atoms with Gasteiger partial charge >= 0.3 is 0 Å². The number of hydrogen-bond donors (Lipinski definition) is 2. The summed E-state index contributed by atoms with van der Waals surface area (Å²) >= 11 is 0. The third kappa shape index (κ3) is 3.11. The molecule has 2 atom stereocenters. The van der Waals surface area contributed by atoms with Crippen molar-refractivity contribution in [3.8, 4) is 0 Å². The Kier molecular flexibility index (Phi) is 4.21. The van der Waals surface area contributed by atoms with Crippen molar-refractivity contribution < 1.29 is 4.79 Å². The number of hydrogen-bond acceptors (Lipinski definition) is 3. The number of amides is 1. The first-order valence-corrected chi connectivity index (χ1v) is 7.67. The second-order valence-electron chi connectivity index (χ2n) is 7.07. The van der Waals surface area contributed by atoms with Gasteiger partial charge in [-0.15, -0.1) is 0 Å². The molecule has 4 heteroatoms. The molecular formula is C15H29N3O. The Morgan fingerprint density at radius 1 is 1.32 bits per heavy atom. The summed E-state index contributed by atoms with van der Waals surface area (Å²) in [7, 11) is 0. The minimum Gasteiger partial charge on any atom is -0.368 e. The zero-order valence-corrected chi connectivity index (χ0v) is 12.7. The third-order valence-corrected chi connectivity index (χ3v) is 5.14. The lowest BCUT2D eigenvalue weighted by Gasteiger charge is -2.40. The summed E-state index contributed by atoms with van der Waals surface area (Å²) in [6, 6.07) is 0.530. The Balaban J connectivity index is 1.96. The van der Waals surface area contributed by atoms with E-state index in [0.29, 0.717) is 11.5 Å². The van der Waals surface area contributed by atoms with Crippen LogP contribution in [-0.4, -0.2) is 42.0 Å². The molecule has 0 spiro atoms. The third-order valence-electron chi connectivity index (χ3n) is 5.14. The summed E-state index contributed by atoms with van der Waals surface area (Å²) in [5.41, 5.74) is 5.67. The van der Waals surface area contributed by atoms with Crippen molar-refractivity contribution in [1.29, 1.82) is 0 Å². The summed E-state index contributed by atoms with van der Waals surface area (Å²) in [6.07, 6.45) is 5.39. The molecule has 0 aromatic rings. The van der Waals surface area contributed by atoms with E-state index in [4.69, 9.17) is 5.73 Å². The zero-order chi connectivity index (χ0) is 14.1. The van der Waals surface area contributed by atoms with E-state index in [1.54, 1.807) is 0 Å². The number of primary amides is 1. The highest BCUT2D eigenvalue weighted by Gasteiger charge is 2.45. The Morgan fingerprint density at radius 3 is 2.47 bits per heavy atom. The minimum absolute atomic E-state index is 0.172. The van der Waals surface area contributed by atoms with Crippen LogP contribution in [0.5, 0.6) is 0 Å². The molecule has 1 aliphatic heterocycles. The van der Waals surface area contributed by atoms with Gasteiger partial charge in [0.05, 0.1) is 5.54 Å². The van der Waals surface area contributed by atoms with Crippen molar-refractivity contribution in [3.63, 3.8) is 0 Å². The lowest BCUT2D eigenvalue weighted by molar-refractivity contribution is -0.124. The van der Waals surface area contributed by atoms with Crippen LogP contribution in [0.3, 0.4) is 0 Å². The number of likely N-dealkylation sites (N-methyl/N-ethyl adjacent to an activating group) is 1. The molecule has 2 aliphatic rings. The van der Waals surface area contributed by atoms with Crippen molar-refractivity contribution in [2.45, 2.75) is 64.5 Å². The number of nitrogens with two attached hydrogens (primary N) is 1. The molecule has 1 aliphatic carbocycles. The largest absolute Gasteiger partial charge is 0.368 e. The average molecular weight is 267 g/mol. The van der Waals surface area contributed by atoms with Gasteiger partial charge in [0.1, 0.15) is 0 Å². The number of nitrogens with one attached hydrogen (secondary N) is 1. The van der Waals surface area contributed by atoms with E-state index in [9.17, 15) is 4.79 Å². The number of carbonyl (C=O) groups excluding carboxylic acids is 1. The molecule has 4 nitrogen and oxygen atoms in total. The SMILES string of the molecule is CCNC1(C(N)=O)CCC(N2CCC(C)(C)CC2)C1. The van der Waals surface area contributed by atoms with Crippen molar-refractivity contribution in [2.24, 2.45) is 11.1 Å². The first kappa shape index (κ1) is 14.8. The van der Waals surface area contributed by atoms with Gasteiger partial charge in [-0.1, -0.05) is 20.8 Å². The predicted octanol–water partition coefficient (Wildman–Crippen LogP) is 1.49. The molecule has 2 unspecified atom stereocenters. The predicted molar refractivity (Wildman–Crippen MR) is 77.8 cm³/mol. The van der Waals surface area contributed by atoms with Crippen LogP contribution >= 0.6 is 0 Å². The van der Waals surface area contributed by atoms with Gasteiger partial charge in [0.2, 0.25) is 5.91 Å². The van der Waals surface area contributed by atoms with E-state index in [1.807, 2.05) is 6.92 Å². The molecule has 1 heterocycles. The molecule has 1 amide bonds. The molecule has 19 heavy (non-hydrogen) atoms. The molecular weight excluding hydrogens is 238 g/mol. The molecule has 1 saturated heterocycles. The van der Waals surface area contributed by atoms with Crippen LogP contribution in [0.15, 0.2) is 0 Å². The molecule has 2 fully saturated rings. The Hall–Kier alpha value is -0.610. The highest BCUT2D eigenvalue weighted by atomic mass is 16.1. The zero-order valence-electron chi connectivity index (χ0n) is 12.7. The second-order valence-corrected chi connectivity index (χ2v) is 7.07. The van der Waals surface area contributed by atoms with Crippen molar-refractivity contribution in [3.05, 3.63) is 0 Å². The van der Waals surface area contributed by atoms with Gasteiger partial charge in [-0.05, 0) is 57.2 Å². The van der Waals surface area contributed by atoms with Crippen LogP contribution in [0, 0.1) is 5.41 Å². The quantitative estimate of drug-likeness (QED) is 0.811. The standard InChI is InChI=1S/C15H29N3O/c1-4-17-15(13(16)19)6-5-12(11-15)18-9-7-14(2,3)8-10-18/h12,17H,4-11H2,1-3H3,(H2,16,19). The first-order valence-electron chi connectivity index (χ1n) is 7.67. The number of rotatable bonds is 4. The fourth-order valence-electron chi connectivity index (χ4n) is 3.64. The van der Waals surface area contributed by atoms with Gasteiger partial charge in [0.15, 0.2) is 0 Å². The summed E-state index contributed by atoms with van der Waals surface area (Å²) in [5, 5.41) is 3.34. The summed E-state index contributed by atoms with van der Waals surface area (Å²) < 4.78 is 0. The topological polar surface area (TPSA) is 58.4 Å². The maximum Gasteiger partial charge on any atom is 0.237 e. The summed E-state index contributed by atoms with van der Waals surface area (Å²) in [5.74, 6) is -0.172. The highest BCUT2D eigenvalue weighted by molar-refractivity contribution is 5.85. The maximum absolute atomic E-state index is 11.8. The first-order chi connectivity index (χ1) is 8.88. The van der Waals surface area contributed by atoms with E-state index in [0.717, 1.165) is 25.8 Å². The van der Waals surface area contributed by atoms with Gasteiger partial charge in [-0.25, -0.2) is 0 Å². The Morgan fingerprint density at radius 2 is 1.95 bits per heavy atom. The number of piperidine rings is 1. The lowest BCUT2D eigenvalue weighted by atomic mass is 9.82. The van der Waals surface area contributed by atoms with Crippen LogP contribution in [-0.2, 0) is 4.79 Å². The van der Waals surface area contributed by atoms with Gasteiger partial charge in [0.25, 0.3) is 0 Å². The normalized spacial score (nSPS) is 35.4. The van der Waals surface area contributed by atoms with Crippen LogP contribution in [0.4, 0.5) is 0 Å². The van der Waals surface area contributed by atoms with Crippen LogP contribution < -0.4 is 11.1 Å². The molecule has 0 bridgehead atoms. The second kappa shape index (κ2) is 5.41. The smallest absolute Gasteiger partial charge is 0.237 e. The van der Waals surface area contributed by atoms with E-state index in [-0.39, 0.29) is 5.91 Å². The molecule has 0 aromatic heterocycles. The van der Waals surface area contributed by atoms with Gasteiger partial charge < -0.3 is 16.0 Å². The van der Waals surface area contributed by atoms with Crippen LogP contribution in [0.1, 0.15) is 52.9 Å². The molecule has 0 aromatic carbocycles. The minimum atomic E-state index is -0.452. The monoisotopic (exact) mass is 267 g/mol. The summed E-state index contributed by atoms with van der Waals surface area (Å²) in [6.45, 7) is 9.89. The van der Waals surface area contributed by atoms with Crippen molar-refractivity contribution >= 4 is 5.91 Å². The molecule has 2 rings (SSSR count). The Bertz CT molecular complexity index is 332. The summed E-state index contributed by atoms with van der Waals surface area (Å²) in [4.78, 5) is 14.4. The van der Waals surface area contributed by atoms with Crippen LogP contribution in [0.25, 0.3) is 0 Å². The van der Waals surface area contributed by atoms with Crippen LogP contribution in [0.2, 0.25) is 0 Å². The maximum atomic E-state index is 11.8. The number of nitrogens with zero attached hydrogens (tertiary/aromatic N) is 1. The van der Waals surface area contributed by atoms with E-state index >= 15 is 0 Å². The number of likely N-dealkylation sites (tertiary alicyclic amines) is 1. The highest BCUT2D eigenvalue weighted by Crippen LogP contribution is 2.37. The van der Waals surface area contributed by atoms with E-state index in [1.165, 1.54) is 25.9 Å². The average Bonchev–Trinajstić information content (AvgIpc) is 2.75. The van der Waals surface area contributed by atoms with Crippen molar-refractivity contribution in [2.75, 3.05) is 19.6 Å². The fourth-order valence-corrected chi connectivity index (χ4v) is 3.64. The fraction of sp³-hybridized carbons (Fsp3) is 0.933. The Labute approximate surface area is 117 Å². The molecule has 1 saturated carbocycles.